The van der Waals surface area contributed by atoms with Crippen LogP contribution in [0.15, 0.2) is 59.4 Å². The molecule has 4 aromatic rings. The lowest BCUT2D eigenvalue weighted by atomic mass is 10.2. The average Bonchev–Trinajstić information content (AvgIpc) is 3.32. The highest BCUT2D eigenvalue weighted by molar-refractivity contribution is 5.91. The molecule has 0 atom stereocenters. The van der Waals surface area contributed by atoms with Gasteiger partial charge in [-0.05, 0) is 36.4 Å². The van der Waals surface area contributed by atoms with Gasteiger partial charge in [-0.2, -0.15) is 4.80 Å². The van der Waals surface area contributed by atoms with Gasteiger partial charge in [-0.3, -0.25) is 14.3 Å². The summed E-state index contributed by atoms with van der Waals surface area (Å²) in [5.74, 6) is -0.479. The number of nitrogens with zero attached hydrogens (tertiary/aromatic N) is 6. The number of anilines is 1. The van der Waals surface area contributed by atoms with Crippen molar-refractivity contribution >= 4 is 11.6 Å². The lowest BCUT2D eigenvalue weighted by Crippen LogP contribution is -2.23. The van der Waals surface area contributed by atoms with Gasteiger partial charge in [0, 0.05) is 19.0 Å². The zero-order valence-electron chi connectivity index (χ0n) is 17.0. The minimum Gasteiger partial charge on any atom is -0.320 e. The number of para-hydroxylation sites is 1. The first-order chi connectivity index (χ1) is 14.9. The molecule has 1 amide bonds. The normalized spacial score (nSPS) is 10.9. The average molecular weight is 421 g/mol. The quantitative estimate of drug-likeness (QED) is 0.515. The Hall–Kier alpha value is -4.08. The lowest BCUT2D eigenvalue weighted by molar-refractivity contribution is -0.116. The van der Waals surface area contributed by atoms with E-state index in [1.807, 2.05) is 30.3 Å². The third kappa shape index (κ3) is 4.13. The van der Waals surface area contributed by atoms with Crippen LogP contribution in [0.1, 0.15) is 12.1 Å². The Morgan fingerprint density at radius 2 is 1.90 bits per heavy atom. The van der Waals surface area contributed by atoms with Gasteiger partial charge in [0.25, 0.3) is 5.56 Å². The second kappa shape index (κ2) is 8.34. The number of halogens is 1. The first-order valence-corrected chi connectivity index (χ1v) is 9.61. The summed E-state index contributed by atoms with van der Waals surface area (Å²) < 4.78 is 16.5. The Balaban J connectivity index is 1.45. The first kappa shape index (κ1) is 20.2. The highest BCUT2D eigenvalue weighted by atomic mass is 19.1. The molecule has 158 valence electrons. The number of tetrazole rings is 1. The smallest absolute Gasteiger partial charge is 0.295 e. The summed E-state index contributed by atoms with van der Waals surface area (Å²) in [7, 11) is 1.76. The van der Waals surface area contributed by atoms with Crippen LogP contribution in [0.2, 0.25) is 0 Å². The van der Waals surface area contributed by atoms with E-state index in [0.717, 1.165) is 0 Å². The molecule has 0 unspecified atom stereocenters. The zero-order chi connectivity index (χ0) is 22.0. The van der Waals surface area contributed by atoms with E-state index in [9.17, 15) is 14.0 Å². The van der Waals surface area contributed by atoms with Crippen LogP contribution < -0.4 is 10.9 Å². The number of carbonyl (C=O) groups is 1. The third-order valence-corrected chi connectivity index (χ3v) is 4.89. The van der Waals surface area contributed by atoms with Crippen LogP contribution in [0.5, 0.6) is 0 Å². The van der Waals surface area contributed by atoms with Crippen LogP contribution in [0.3, 0.4) is 0 Å². The Labute approximate surface area is 176 Å². The maximum absolute atomic E-state index is 13.4. The number of rotatable bonds is 6. The van der Waals surface area contributed by atoms with Gasteiger partial charge in [0.2, 0.25) is 11.7 Å². The van der Waals surface area contributed by atoms with Gasteiger partial charge in [0.15, 0.2) is 0 Å². The molecule has 0 aliphatic rings. The van der Waals surface area contributed by atoms with E-state index >= 15 is 0 Å². The van der Waals surface area contributed by atoms with Crippen molar-refractivity contribution in [3.05, 3.63) is 76.5 Å². The van der Waals surface area contributed by atoms with Crippen LogP contribution in [-0.2, 0) is 18.4 Å². The number of hydrogen-bond donors (Lipinski definition) is 1. The molecule has 9 nitrogen and oxygen atoms in total. The predicted octanol–water partition coefficient (Wildman–Crippen LogP) is 2.31. The molecule has 0 radical (unpaired) electrons. The molecule has 2 aromatic heterocycles. The molecule has 10 heteroatoms. The maximum atomic E-state index is 13.4. The van der Waals surface area contributed by atoms with E-state index in [1.165, 1.54) is 21.6 Å². The van der Waals surface area contributed by atoms with Crippen molar-refractivity contribution in [2.24, 2.45) is 7.05 Å². The number of aromatic nitrogens is 6. The number of nitrogens with one attached hydrogen (secondary N) is 1. The van der Waals surface area contributed by atoms with Crippen LogP contribution in [0.25, 0.3) is 17.1 Å². The monoisotopic (exact) mass is 421 g/mol. The lowest BCUT2D eigenvalue weighted by Gasteiger charge is -2.07. The summed E-state index contributed by atoms with van der Waals surface area (Å²) in [4.78, 5) is 26.6. The van der Waals surface area contributed by atoms with Gasteiger partial charge in [-0.25, -0.2) is 9.07 Å². The molecule has 0 bridgehead atoms. The summed E-state index contributed by atoms with van der Waals surface area (Å²) >= 11 is 0. The van der Waals surface area contributed by atoms with Gasteiger partial charge in [-0.1, -0.05) is 30.3 Å². The maximum Gasteiger partial charge on any atom is 0.295 e. The number of carbonyl (C=O) groups excluding carboxylic acids is 1. The van der Waals surface area contributed by atoms with Gasteiger partial charge in [0.05, 0.1) is 17.9 Å². The molecule has 0 fully saturated rings. The van der Waals surface area contributed by atoms with Crippen LogP contribution in [0, 0.1) is 12.7 Å². The summed E-state index contributed by atoms with van der Waals surface area (Å²) in [6, 6.07) is 15.1. The minimum atomic E-state index is -0.396. The molecular formula is C21H20FN7O2. The molecule has 1 N–H and O–H groups in total. The molecule has 31 heavy (non-hydrogen) atoms. The molecule has 0 spiro atoms. The first-order valence-electron chi connectivity index (χ1n) is 9.61. The van der Waals surface area contributed by atoms with E-state index in [1.54, 1.807) is 30.8 Å². The van der Waals surface area contributed by atoms with Crippen molar-refractivity contribution in [2.45, 2.75) is 19.9 Å². The van der Waals surface area contributed by atoms with E-state index < -0.39 is 5.82 Å². The number of benzene rings is 2. The van der Waals surface area contributed by atoms with E-state index in [2.05, 4.69) is 20.7 Å². The topological polar surface area (TPSA) is 99.6 Å². The summed E-state index contributed by atoms with van der Waals surface area (Å²) in [6.45, 7) is 1.92. The van der Waals surface area contributed by atoms with Crippen molar-refractivity contribution in [3.8, 4) is 17.1 Å². The largest absolute Gasteiger partial charge is 0.320 e. The van der Waals surface area contributed by atoms with Crippen LogP contribution in [0.4, 0.5) is 10.1 Å². The van der Waals surface area contributed by atoms with Crippen molar-refractivity contribution in [1.29, 1.82) is 0 Å². The Bertz CT molecular complexity index is 1290. The molecule has 2 aromatic carbocycles. The molecule has 4 rings (SSSR count). The van der Waals surface area contributed by atoms with E-state index in [0.29, 0.717) is 16.9 Å². The standard InChI is InChI=1S/C21H20FN7O2/c1-14-19(21(31)29(27(14)2)17-9-4-3-5-10-17)23-18(30)11-12-28-25-20(24-26-28)15-7-6-8-16(22)13-15/h3-10,13H,11-12H2,1-2H3,(H,23,30). The molecule has 0 aliphatic heterocycles. The van der Waals surface area contributed by atoms with Gasteiger partial charge >= 0.3 is 0 Å². The highest BCUT2D eigenvalue weighted by Gasteiger charge is 2.18. The summed E-state index contributed by atoms with van der Waals surface area (Å²) in [5.41, 5.74) is 1.75. The number of hydrogen-bond acceptors (Lipinski definition) is 5. The fourth-order valence-corrected chi connectivity index (χ4v) is 3.20. The van der Waals surface area contributed by atoms with E-state index in [4.69, 9.17) is 0 Å². The van der Waals surface area contributed by atoms with Crippen molar-refractivity contribution < 1.29 is 9.18 Å². The zero-order valence-corrected chi connectivity index (χ0v) is 17.0. The Kier molecular flexibility index (Phi) is 5.44. The summed E-state index contributed by atoms with van der Waals surface area (Å²) in [5, 5.41) is 14.7. The van der Waals surface area contributed by atoms with Crippen molar-refractivity contribution in [2.75, 3.05) is 5.32 Å². The molecular weight excluding hydrogens is 401 g/mol. The Morgan fingerprint density at radius 3 is 2.65 bits per heavy atom. The van der Waals surface area contributed by atoms with Gasteiger partial charge in [0.1, 0.15) is 11.5 Å². The number of amides is 1. The highest BCUT2D eigenvalue weighted by Crippen LogP contribution is 2.15. The van der Waals surface area contributed by atoms with Crippen LogP contribution >= 0.6 is 0 Å². The SMILES string of the molecule is Cc1c(NC(=O)CCn2nnc(-c3cccc(F)c3)n2)c(=O)n(-c2ccccc2)n1C. The fourth-order valence-electron chi connectivity index (χ4n) is 3.20. The van der Waals surface area contributed by atoms with Crippen LogP contribution in [-0.4, -0.2) is 35.5 Å². The van der Waals surface area contributed by atoms with Crippen molar-refractivity contribution in [3.63, 3.8) is 0 Å². The van der Waals surface area contributed by atoms with Gasteiger partial charge < -0.3 is 5.32 Å². The molecule has 0 saturated carbocycles. The molecule has 0 saturated heterocycles. The Morgan fingerprint density at radius 1 is 1.13 bits per heavy atom. The van der Waals surface area contributed by atoms with E-state index in [-0.39, 0.29) is 35.9 Å². The summed E-state index contributed by atoms with van der Waals surface area (Å²) in [6.07, 6.45) is 0.0397. The predicted molar refractivity (Wildman–Crippen MR) is 112 cm³/mol. The second-order valence-electron chi connectivity index (χ2n) is 6.95. The second-order valence-corrected chi connectivity index (χ2v) is 6.95. The molecule has 0 aliphatic carbocycles. The van der Waals surface area contributed by atoms with Gasteiger partial charge in [-0.15, -0.1) is 10.2 Å². The fraction of sp³-hybridized carbons (Fsp3) is 0.190. The minimum absolute atomic E-state index is 0.0397. The third-order valence-electron chi connectivity index (χ3n) is 4.89. The van der Waals surface area contributed by atoms with Crippen molar-refractivity contribution in [1.82, 2.24) is 29.6 Å². The molecule has 2 heterocycles. The number of aryl methyl sites for hydroxylation is 1.